The summed E-state index contributed by atoms with van der Waals surface area (Å²) in [6.07, 6.45) is 3.59. The molecule has 0 amide bonds. The molecule has 1 aliphatic rings. The van der Waals surface area contributed by atoms with E-state index in [0.717, 1.165) is 25.0 Å². The van der Waals surface area contributed by atoms with Crippen molar-refractivity contribution in [3.63, 3.8) is 0 Å². The Bertz CT molecular complexity index is 226. The molecule has 0 bridgehead atoms. The first-order valence-corrected chi connectivity index (χ1v) is 4.65. The highest BCUT2D eigenvalue weighted by atomic mass is 16.6. The van der Waals surface area contributed by atoms with E-state index in [4.69, 9.17) is 4.74 Å². The maximum Gasteiger partial charge on any atom is 0.335 e. The molecule has 0 fully saturated rings. The summed E-state index contributed by atoms with van der Waals surface area (Å²) in [6.45, 7) is 6.58. The van der Waals surface area contributed by atoms with E-state index in [2.05, 4.69) is 5.32 Å². The van der Waals surface area contributed by atoms with E-state index >= 15 is 0 Å². The summed E-state index contributed by atoms with van der Waals surface area (Å²) in [5.74, 6) is -0.195. The third-order valence-electron chi connectivity index (χ3n) is 1.70. The molecular formula is C10H17NO2. The summed E-state index contributed by atoms with van der Waals surface area (Å²) in [5, 5.41) is 3.04. The number of ether oxygens (including phenoxy) is 1. The van der Waals surface area contributed by atoms with E-state index in [1.165, 1.54) is 0 Å². The first-order chi connectivity index (χ1) is 5.99. The van der Waals surface area contributed by atoms with Crippen LogP contribution in [0.25, 0.3) is 0 Å². The first kappa shape index (κ1) is 10.1. The zero-order chi connectivity index (χ0) is 9.90. The molecule has 0 unspecified atom stereocenters. The molecule has 0 radical (unpaired) electrons. The van der Waals surface area contributed by atoms with Crippen molar-refractivity contribution in [2.45, 2.75) is 39.2 Å². The van der Waals surface area contributed by atoms with Crippen LogP contribution in [0, 0.1) is 0 Å². The summed E-state index contributed by atoms with van der Waals surface area (Å²) in [4.78, 5) is 11.5. The van der Waals surface area contributed by atoms with E-state index in [-0.39, 0.29) is 5.97 Å². The molecule has 0 saturated carbocycles. The predicted molar refractivity (Wildman–Crippen MR) is 51.2 cm³/mol. The fourth-order valence-corrected chi connectivity index (χ4v) is 1.15. The SMILES string of the molecule is CC(C)(C)OC(=O)C1=CNCCC1. The number of hydrogen-bond donors (Lipinski definition) is 1. The van der Waals surface area contributed by atoms with Gasteiger partial charge in [0, 0.05) is 12.7 Å². The molecule has 1 N–H and O–H groups in total. The Balaban J connectivity index is 2.52. The Labute approximate surface area is 79.2 Å². The number of hydrogen-bond acceptors (Lipinski definition) is 3. The molecule has 74 valence electrons. The van der Waals surface area contributed by atoms with Crippen molar-refractivity contribution >= 4 is 5.97 Å². The molecule has 13 heavy (non-hydrogen) atoms. The van der Waals surface area contributed by atoms with Crippen LogP contribution in [0.5, 0.6) is 0 Å². The van der Waals surface area contributed by atoms with Crippen LogP contribution in [0.2, 0.25) is 0 Å². The number of esters is 1. The molecule has 0 atom stereocenters. The molecule has 0 spiro atoms. The summed E-state index contributed by atoms with van der Waals surface area (Å²) in [5.41, 5.74) is 0.358. The Hall–Kier alpha value is -0.990. The van der Waals surface area contributed by atoms with E-state index in [0.29, 0.717) is 0 Å². The van der Waals surface area contributed by atoms with E-state index in [1.54, 1.807) is 6.20 Å². The monoisotopic (exact) mass is 183 g/mol. The largest absolute Gasteiger partial charge is 0.457 e. The van der Waals surface area contributed by atoms with Gasteiger partial charge in [0.1, 0.15) is 5.60 Å². The van der Waals surface area contributed by atoms with E-state index in [9.17, 15) is 4.79 Å². The molecule has 0 aromatic carbocycles. The number of carbonyl (C=O) groups excluding carboxylic acids is 1. The zero-order valence-corrected chi connectivity index (χ0v) is 8.52. The average molecular weight is 183 g/mol. The highest BCUT2D eigenvalue weighted by molar-refractivity contribution is 5.88. The maximum absolute atomic E-state index is 11.5. The minimum absolute atomic E-state index is 0.195. The van der Waals surface area contributed by atoms with Gasteiger partial charge in [-0.25, -0.2) is 4.79 Å². The first-order valence-electron chi connectivity index (χ1n) is 4.65. The van der Waals surface area contributed by atoms with Gasteiger partial charge in [0.2, 0.25) is 0 Å². The second-order valence-electron chi connectivity index (χ2n) is 4.23. The highest BCUT2D eigenvalue weighted by Crippen LogP contribution is 2.15. The highest BCUT2D eigenvalue weighted by Gasteiger charge is 2.20. The molecule has 1 aliphatic heterocycles. The van der Waals surface area contributed by atoms with Gasteiger partial charge >= 0.3 is 5.97 Å². The van der Waals surface area contributed by atoms with Crippen molar-refractivity contribution in [3.05, 3.63) is 11.8 Å². The summed E-state index contributed by atoms with van der Waals surface area (Å²) >= 11 is 0. The normalized spacial score (nSPS) is 17.3. The lowest BCUT2D eigenvalue weighted by atomic mass is 10.1. The van der Waals surface area contributed by atoms with Crippen LogP contribution >= 0.6 is 0 Å². The lowest BCUT2D eigenvalue weighted by molar-refractivity contribution is -0.150. The van der Waals surface area contributed by atoms with Gasteiger partial charge in [0.25, 0.3) is 0 Å². The van der Waals surface area contributed by atoms with Crippen LogP contribution in [-0.2, 0) is 9.53 Å². The van der Waals surface area contributed by atoms with Crippen molar-refractivity contribution in [3.8, 4) is 0 Å². The molecule has 0 aromatic rings. The molecule has 0 aromatic heterocycles. The van der Waals surface area contributed by atoms with Crippen LogP contribution in [0.15, 0.2) is 11.8 Å². The average Bonchev–Trinajstić information content (AvgIpc) is 2.03. The van der Waals surface area contributed by atoms with Crippen LogP contribution < -0.4 is 5.32 Å². The van der Waals surface area contributed by atoms with Crippen molar-refractivity contribution in [2.24, 2.45) is 0 Å². The topological polar surface area (TPSA) is 38.3 Å². The van der Waals surface area contributed by atoms with Crippen LogP contribution in [0.3, 0.4) is 0 Å². The Kier molecular flexibility index (Phi) is 2.96. The van der Waals surface area contributed by atoms with Crippen molar-refractivity contribution in [1.29, 1.82) is 0 Å². The molecular weight excluding hydrogens is 166 g/mol. The van der Waals surface area contributed by atoms with Crippen LogP contribution in [-0.4, -0.2) is 18.1 Å². The van der Waals surface area contributed by atoms with Crippen LogP contribution in [0.1, 0.15) is 33.6 Å². The quantitative estimate of drug-likeness (QED) is 0.627. The minimum atomic E-state index is -0.393. The Morgan fingerprint density at radius 1 is 1.54 bits per heavy atom. The van der Waals surface area contributed by atoms with Crippen LogP contribution in [0.4, 0.5) is 0 Å². The van der Waals surface area contributed by atoms with Gasteiger partial charge in [-0.1, -0.05) is 0 Å². The Morgan fingerprint density at radius 3 is 2.69 bits per heavy atom. The van der Waals surface area contributed by atoms with Gasteiger partial charge in [-0.3, -0.25) is 0 Å². The van der Waals surface area contributed by atoms with Crippen molar-refractivity contribution < 1.29 is 9.53 Å². The zero-order valence-electron chi connectivity index (χ0n) is 8.52. The molecule has 1 heterocycles. The number of carbonyl (C=O) groups is 1. The molecule has 0 aliphatic carbocycles. The third-order valence-corrected chi connectivity index (χ3v) is 1.70. The standard InChI is InChI=1S/C10H17NO2/c1-10(2,3)13-9(12)8-5-4-6-11-7-8/h7,11H,4-6H2,1-3H3. The smallest absolute Gasteiger partial charge is 0.335 e. The van der Waals surface area contributed by atoms with E-state index in [1.807, 2.05) is 20.8 Å². The van der Waals surface area contributed by atoms with Gasteiger partial charge in [-0.05, 0) is 33.6 Å². The van der Waals surface area contributed by atoms with Gasteiger partial charge in [0.05, 0.1) is 5.57 Å². The fraction of sp³-hybridized carbons (Fsp3) is 0.700. The van der Waals surface area contributed by atoms with E-state index < -0.39 is 5.60 Å². The summed E-state index contributed by atoms with van der Waals surface area (Å²) < 4.78 is 5.23. The summed E-state index contributed by atoms with van der Waals surface area (Å²) in [6, 6.07) is 0. The molecule has 0 saturated heterocycles. The third kappa shape index (κ3) is 3.49. The second kappa shape index (κ2) is 3.81. The van der Waals surface area contributed by atoms with Gasteiger partial charge in [-0.15, -0.1) is 0 Å². The predicted octanol–water partition coefficient (Wildman–Crippen LogP) is 1.60. The molecule has 3 heteroatoms. The fourth-order valence-electron chi connectivity index (χ4n) is 1.15. The second-order valence-corrected chi connectivity index (χ2v) is 4.23. The lowest BCUT2D eigenvalue weighted by Crippen LogP contribution is -2.27. The van der Waals surface area contributed by atoms with Gasteiger partial charge in [-0.2, -0.15) is 0 Å². The molecule has 3 nitrogen and oxygen atoms in total. The Morgan fingerprint density at radius 2 is 2.23 bits per heavy atom. The van der Waals surface area contributed by atoms with Crippen molar-refractivity contribution in [2.75, 3.05) is 6.54 Å². The summed E-state index contributed by atoms with van der Waals surface area (Å²) in [7, 11) is 0. The molecule has 1 rings (SSSR count). The van der Waals surface area contributed by atoms with Gasteiger partial charge < -0.3 is 10.1 Å². The van der Waals surface area contributed by atoms with Crippen molar-refractivity contribution in [1.82, 2.24) is 5.32 Å². The number of rotatable bonds is 1. The lowest BCUT2D eigenvalue weighted by Gasteiger charge is -2.21. The minimum Gasteiger partial charge on any atom is -0.457 e. The maximum atomic E-state index is 11.5. The number of nitrogens with one attached hydrogen (secondary N) is 1. The van der Waals surface area contributed by atoms with Gasteiger partial charge in [0.15, 0.2) is 0 Å².